The number of rotatable bonds is 1. The van der Waals surface area contributed by atoms with Gasteiger partial charge in [-0.05, 0) is 0 Å². The van der Waals surface area contributed by atoms with E-state index in [1.165, 1.54) is 0 Å². The van der Waals surface area contributed by atoms with E-state index in [1.54, 1.807) is 0 Å². The SMILES string of the molecule is [CH3][Sn]([CH3])([CH3])[c]1ccc(Cl)o1. The average molecular weight is 265 g/mol. The van der Waals surface area contributed by atoms with Crippen molar-refractivity contribution in [1.29, 1.82) is 0 Å². The van der Waals surface area contributed by atoms with Crippen LogP contribution in [0.25, 0.3) is 0 Å². The Morgan fingerprint density at radius 2 is 1.90 bits per heavy atom. The molecule has 0 aliphatic rings. The first kappa shape index (κ1) is 8.47. The van der Waals surface area contributed by atoms with Crippen molar-refractivity contribution in [1.82, 2.24) is 0 Å². The van der Waals surface area contributed by atoms with Crippen molar-refractivity contribution in [3.8, 4) is 0 Å². The quantitative estimate of drug-likeness (QED) is 0.711. The van der Waals surface area contributed by atoms with Crippen LogP contribution in [0.5, 0.6) is 0 Å². The van der Waals surface area contributed by atoms with E-state index in [2.05, 4.69) is 14.8 Å². The standard InChI is InChI=1S/C4H2ClO.3CH3.Sn/c5-4-2-1-3-6-4;;;;/h1-2H;3*1H3;. The summed E-state index contributed by atoms with van der Waals surface area (Å²) in [6, 6.07) is 3.82. The topological polar surface area (TPSA) is 13.1 Å². The van der Waals surface area contributed by atoms with Gasteiger partial charge in [-0.1, -0.05) is 0 Å². The summed E-state index contributed by atoms with van der Waals surface area (Å²) in [4.78, 5) is 6.89. The predicted molar refractivity (Wildman–Crippen MR) is 46.7 cm³/mol. The molecule has 0 radical (unpaired) electrons. The number of halogens is 1. The molecule has 0 spiro atoms. The van der Waals surface area contributed by atoms with Gasteiger partial charge in [0.1, 0.15) is 0 Å². The summed E-state index contributed by atoms with van der Waals surface area (Å²) < 4.78 is 6.44. The van der Waals surface area contributed by atoms with Gasteiger partial charge in [-0.15, -0.1) is 0 Å². The normalized spacial score (nSPS) is 12.0. The van der Waals surface area contributed by atoms with E-state index in [0.717, 1.165) is 3.78 Å². The Balaban J connectivity index is 2.96. The van der Waals surface area contributed by atoms with Gasteiger partial charge in [-0.25, -0.2) is 0 Å². The summed E-state index contributed by atoms with van der Waals surface area (Å²) in [5.74, 6) is 0. The van der Waals surface area contributed by atoms with Crippen LogP contribution < -0.4 is 3.78 Å². The van der Waals surface area contributed by atoms with E-state index in [4.69, 9.17) is 16.0 Å². The van der Waals surface area contributed by atoms with Crippen molar-refractivity contribution in [3.63, 3.8) is 0 Å². The van der Waals surface area contributed by atoms with Crippen LogP contribution in [0.4, 0.5) is 0 Å². The Morgan fingerprint density at radius 1 is 1.30 bits per heavy atom. The van der Waals surface area contributed by atoms with Crippen LogP contribution in [0.15, 0.2) is 16.5 Å². The van der Waals surface area contributed by atoms with Gasteiger partial charge in [0.05, 0.1) is 0 Å². The van der Waals surface area contributed by atoms with Crippen LogP contribution in [0.2, 0.25) is 20.0 Å². The molecule has 0 unspecified atom stereocenters. The van der Waals surface area contributed by atoms with Gasteiger partial charge >= 0.3 is 70.3 Å². The Bertz CT molecular complexity index is 224. The Labute approximate surface area is 70.2 Å². The van der Waals surface area contributed by atoms with E-state index < -0.39 is 18.4 Å². The Hall–Kier alpha value is 0.369. The second-order valence-electron chi connectivity index (χ2n) is 3.35. The van der Waals surface area contributed by atoms with Gasteiger partial charge in [0.2, 0.25) is 0 Å². The maximum absolute atomic E-state index is 5.63. The van der Waals surface area contributed by atoms with E-state index >= 15 is 0 Å². The molecule has 1 nitrogen and oxygen atoms in total. The fourth-order valence-electron chi connectivity index (χ4n) is 0.717. The van der Waals surface area contributed by atoms with E-state index in [1.807, 2.05) is 12.1 Å². The minimum atomic E-state index is -1.94. The maximum atomic E-state index is 5.63. The van der Waals surface area contributed by atoms with Crippen molar-refractivity contribution < 1.29 is 4.42 Å². The average Bonchev–Trinajstić information content (AvgIpc) is 2.11. The molecule has 0 saturated carbocycles. The molecule has 0 aliphatic carbocycles. The molecule has 0 aromatic carbocycles. The molecule has 0 N–H and O–H groups in total. The number of hydrogen-bond donors (Lipinski definition) is 0. The first-order valence-corrected chi connectivity index (χ1v) is 13.6. The molecular formula is C7H11ClOSn. The molecule has 3 heteroatoms. The summed E-state index contributed by atoms with van der Waals surface area (Å²) in [5, 5.41) is 0.515. The molecule has 10 heavy (non-hydrogen) atoms. The van der Waals surface area contributed by atoms with Crippen molar-refractivity contribution >= 4 is 33.8 Å². The third-order valence-electron chi connectivity index (χ3n) is 1.31. The minimum absolute atomic E-state index is 0.515. The van der Waals surface area contributed by atoms with Crippen molar-refractivity contribution in [2.24, 2.45) is 0 Å². The summed E-state index contributed by atoms with van der Waals surface area (Å²) >= 11 is 3.69. The summed E-state index contributed by atoms with van der Waals surface area (Å²) in [7, 11) is 0. The zero-order valence-corrected chi connectivity index (χ0v) is 10.1. The summed E-state index contributed by atoms with van der Waals surface area (Å²) in [6.07, 6.45) is 0. The Kier molecular flexibility index (Phi) is 2.35. The van der Waals surface area contributed by atoms with Gasteiger partial charge in [0.25, 0.3) is 0 Å². The first-order valence-electron chi connectivity index (χ1n) is 3.26. The molecule has 0 fully saturated rings. The molecule has 1 heterocycles. The third-order valence-corrected chi connectivity index (χ3v) is 6.50. The van der Waals surface area contributed by atoms with Gasteiger partial charge in [0, 0.05) is 0 Å². The fraction of sp³-hybridized carbons (Fsp3) is 0.429. The number of furan rings is 1. The molecule has 0 saturated heterocycles. The number of hydrogen-bond acceptors (Lipinski definition) is 1. The first-order chi connectivity index (χ1) is 4.50. The second kappa shape index (κ2) is 2.78. The van der Waals surface area contributed by atoms with Gasteiger partial charge in [-0.3, -0.25) is 0 Å². The van der Waals surface area contributed by atoms with Crippen LogP contribution in [-0.2, 0) is 0 Å². The molecular weight excluding hydrogens is 254 g/mol. The second-order valence-corrected chi connectivity index (χ2v) is 18.0. The van der Waals surface area contributed by atoms with Crippen molar-refractivity contribution in [2.45, 2.75) is 14.8 Å². The third kappa shape index (κ3) is 1.92. The molecule has 1 rings (SSSR count). The Morgan fingerprint density at radius 3 is 2.10 bits per heavy atom. The molecule has 56 valence electrons. The molecule has 1 aromatic rings. The fourth-order valence-corrected chi connectivity index (χ4v) is 3.90. The van der Waals surface area contributed by atoms with Gasteiger partial charge in [0.15, 0.2) is 0 Å². The zero-order chi connectivity index (χ0) is 7.78. The molecule has 0 aliphatic heterocycles. The van der Waals surface area contributed by atoms with Crippen LogP contribution >= 0.6 is 11.6 Å². The van der Waals surface area contributed by atoms with E-state index in [9.17, 15) is 0 Å². The van der Waals surface area contributed by atoms with Crippen LogP contribution in [0, 0.1) is 0 Å². The molecule has 0 bridgehead atoms. The van der Waals surface area contributed by atoms with Gasteiger partial charge < -0.3 is 0 Å². The molecule has 0 amide bonds. The predicted octanol–water partition coefficient (Wildman–Crippen LogP) is 2.48. The van der Waals surface area contributed by atoms with Crippen LogP contribution in [0.3, 0.4) is 0 Å². The monoisotopic (exact) mass is 266 g/mol. The van der Waals surface area contributed by atoms with Crippen LogP contribution in [-0.4, -0.2) is 18.4 Å². The van der Waals surface area contributed by atoms with Crippen LogP contribution in [0.1, 0.15) is 0 Å². The van der Waals surface area contributed by atoms with Crippen molar-refractivity contribution in [2.75, 3.05) is 0 Å². The van der Waals surface area contributed by atoms with Gasteiger partial charge in [-0.2, -0.15) is 0 Å². The molecule has 1 aromatic heterocycles. The zero-order valence-electron chi connectivity index (χ0n) is 6.44. The van der Waals surface area contributed by atoms with E-state index in [0.29, 0.717) is 5.22 Å². The summed E-state index contributed by atoms with van der Waals surface area (Å²) in [6.45, 7) is 0. The summed E-state index contributed by atoms with van der Waals surface area (Å²) in [5.41, 5.74) is 0. The van der Waals surface area contributed by atoms with Crippen molar-refractivity contribution in [3.05, 3.63) is 17.4 Å². The van der Waals surface area contributed by atoms with E-state index in [-0.39, 0.29) is 0 Å². The molecule has 0 atom stereocenters.